The standard InChI is InChI=1S/C31H35N5O/c1-35-14-16-36(17-15-35)22-24-8-12-26(13-9-24)25-10-6-23(7-11-25)18-29(21-32)34-30(37)31(33)19-27-4-2-3-5-28(27)20-31/h2-13,29H,14-20,22,33H2,1H3,(H,34,37)/t29-/m0/s1. The molecule has 3 N–H and O–H groups in total. The molecule has 0 spiro atoms. The Hall–Kier alpha value is -3.50. The number of carbonyl (C=O) groups excluding carboxylic acids is 1. The van der Waals surface area contributed by atoms with Crippen LogP contribution in [-0.4, -0.2) is 60.5 Å². The number of nitrogens with zero attached hydrogens (tertiary/aromatic N) is 3. The van der Waals surface area contributed by atoms with E-state index in [1.54, 1.807) is 0 Å². The molecule has 190 valence electrons. The summed E-state index contributed by atoms with van der Waals surface area (Å²) in [6, 6.07) is 26.6. The third kappa shape index (κ3) is 5.91. The Kier molecular flexibility index (Phi) is 7.38. The second kappa shape index (κ2) is 10.9. The Balaban J connectivity index is 1.16. The number of nitrogens with one attached hydrogen (secondary N) is 1. The van der Waals surface area contributed by atoms with Crippen LogP contribution in [-0.2, 0) is 30.6 Å². The molecular weight excluding hydrogens is 458 g/mol. The Morgan fingerprint density at radius 1 is 0.919 bits per heavy atom. The highest BCUT2D eigenvalue weighted by Crippen LogP contribution is 2.28. The van der Waals surface area contributed by atoms with Crippen LogP contribution in [0.15, 0.2) is 72.8 Å². The minimum absolute atomic E-state index is 0.261. The molecule has 1 heterocycles. The van der Waals surface area contributed by atoms with Gasteiger partial charge in [0.15, 0.2) is 0 Å². The largest absolute Gasteiger partial charge is 0.338 e. The first kappa shape index (κ1) is 25.2. The number of nitrogens with two attached hydrogens (primary N) is 1. The van der Waals surface area contributed by atoms with Crippen LogP contribution in [0.4, 0.5) is 0 Å². The lowest BCUT2D eigenvalue weighted by atomic mass is 9.95. The van der Waals surface area contributed by atoms with E-state index >= 15 is 0 Å². The number of hydrogen-bond donors (Lipinski definition) is 2. The minimum atomic E-state index is -1.00. The number of nitriles is 1. The summed E-state index contributed by atoms with van der Waals surface area (Å²) in [7, 11) is 2.18. The molecule has 3 aromatic rings. The molecule has 5 rings (SSSR count). The fraction of sp³-hybridized carbons (Fsp3) is 0.355. The Labute approximate surface area is 219 Å². The van der Waals surface area contributed by atoms with E-state index < -0.39 is 11.6 Å². The first-order chi connectivity index (χ1) is 17.9. The van der Waals surface area contributed by atoms with E-state index in [2.05, 4.69) is 64.6 Å². The molecule has 6 nitrogen and oxygen atoms in total. The van der Waals surface area contributed by atoms with Crippen molar-refractivity contribution < 1.29 is 4.79 Å². The molecule has 3 aromatic carbocycles. The van der Waals surface area contributed by atoms with Crippen molar-refractivity contribution in [1.29, 1.82) is 5.26 Å². The highest BCUT2D eigenvalue weighted by Gasteiger charge is 2.40. The quantitative estimate of drug-likeness (QED) is 0.528. The monoisotopic (exact) mass is 493 g/mol. The normalized spacial score (nSPS) is 18.1. The third-order valence-electron chi connectivity index (χ3n) is 7.73. The van der Waals surface area contributed by atoms with Gasteiger partial charge in [-0.25, -0.2) is 0 Å². The highest BCUT2D eigenvalue weighted by molar-refractivity contribution is 5.88. The van der Waals surface area contributed by atoms with Gasteiger partial charge in [-0.1, -0.05) is 72.8 Å². The zero-order chi connectivity index (χ0) is 25.8. The smallest absolute Gasteiger partial charge is 0.241 e. The van der Waals surface area contributed by atoms with Crippen LogP contribution in [0.25, 0.3) is 11.1 Å². The predicted octanol–water partition coefficient (Wildman–Crippen LogP) is 3.15. The summed E-state index contributed by atoms with van der Waals surface area (Å²) < 4.78 is 0. The molecule has 0 aromatic heterocycles. The van der Waals surface area contributed by atoms with E-state index in [1.807, 2.05) is 36.4 Å². The molecule has 2 aliphatic rings. The van der Waals surface area contributed by atoms with E-state index in [-0.39, 0.29) is 5.91 Å². The van der Waals surface area contributed by atoms with Crippen molar-refractivity contribution in [3.8, 4) is 17.2 Å². The lowest BCUT2D eigenvalue weighted by Crippen LogP contribution is -2.57. The molecule has 1 aliphatic heterocycles. The van der Waals surface area contributed by atoms with Gasteiger partial charge in [0.2, 0.25) is 5.91 Å². The molecule has 37 heavy (non-hydrogen) atoms. The van der Waals surface area contributed by atoms with Gasteiger partial charge in [-0.2, -0.15) is 5.26 Å². The predicted molar refractivity (Wildman–Crippen MR) is 147 cm³/mol. The number of rotatable bonds is 7. The number of amides is 1. The summed E-state index contributed by atoms with van der Waals surface area (Å²) in [6.07, 6.45) is 1.43. The van der Waals surface area contributed by atoms with Crippen molar-refractivity contribution in [2.24, 2.45) is 5.73 Å². The number of hydrogen-bond acceptors (Lipinski definition) is 5. The first-order valence-corrected chi connectivity index (χ1v) is 13.1. The zero-order valence-corrected chi connectivity index (χ0v) is 21.5. The summed E-state index contributed by atoms with van der Waals surface area (Å²) in [6.45, 7) is 5.47. The first-order valence-electron chi connectivity index (χ1n) is 13.1. The van der Waals surface area contributed by atoms with Gasteiger partial charge >= 0.3 is 0 Å². The molecule has 0 radical (unpaired) electrons. The van der Waals surface area contributed by atoms with E-state index in [9.17, 15) is 10.1 Å². The summed E-state index contributed by atoms with van der Waals surface area (Å²) in [5.74, 6) is -0.261. The molecule has 1 saturated heterocycles. The average molecular weight is 494 g/mol. The molecule has 6 heteroatoms. The Morgan fingerprint density at radius 2 is 1.46 bits per heavy atom. The zero-order valence-electron chi connectivity index (χ0n) is 21.5. The van der Waals surface area contributed by atoms with Gasteiger partial charge in [0.05, 0.1) is 6.07 Å². The summed E-state index contributed by atoms with van der Waals surface area (Å²) in [5, 5.41) is 12.6. The van der Waals surface area contributed by atoms with E-state index in [4.69, 9.17) is 5.73 Å². The molecule has 1 fully saturated rings. The molecule has 1 aliphatic carbocycles. The fourth-order valence-corrected chi connectivity index (χ4v) is 5.37. The van der Waals surface area contributed by atoms with Crippen molar-refractivity contribution in [3.63, 3.8) is 0 Å². The Bertz CT molecular complexity index is 1250. The minimum Gasteiger partial charge on any atom is -0.338 e. The van der Waals surface area contributed by atoms with Crippen molar-refractivity contribution >= 4 is 5.91 Å². The van der Waals surface area contributed by atoms with Crippen molar-refractivity contribution in [2.75, 3.05) is 33.2 Å². The maximum Gasteiger partial charge on any atom is 0.241 e. The SMILES string of the molecule is CN1CCN(Cc2ccc(-c3ccc(C[C@@H](C#N)NC(=O)C4(N)Cc5ccccc5C4)cc3)cc2)CC1. The maximum absolute atomic E-state index is 13.0. The molecule has 1 amide bonds. The van der Waals surface area contributed by atoms with Crippen LogP contribution < -0.4 is 11.1 Å². The van der Waals surface area contributed by atoms with E-state index in [0.29, 0.717) is 19.3 Å². The summed E-state index contributed by atoms with van der Waals surface area (Å²) in [4.78, 5) is 17.9. The molecule has 0 bridgehead atoms. The van der Waals surface area contributed by atoms with Crippen LogP contribution in [0.3, 0.4) is 0 Å². The second-order valence-corrected chi connectivity index (χ2v) is 10.6. The Morgan fingerprint density at radius 3 is 2.00 bits per heavy atom. The van der Waals surface area contributed by atoms with Crippen LogP contribution in [0.2, 0.25) is 0 Å². The number of fused-ring (bicyclic) bond motifs is 1. The van der Waals surface area contributed by atoms with Gasteiger partial charge in [0.25, 0.3) is 0 Å². The summed E-state index contributed by atoms with van der Waals surface area (Å²) >= 11 is 0. The van der Waals surface area contributed by atoms with Crippen LogP contribution >= 0.6 is 0 Å². The summed E-state index contributed by atoms with van der Waals surface area (Å²) in [5.41, 5.74) is 12.3. The van der Waals surface area contributed by atoms with Crippen LogP contribution in [0.1, 0.15) is 22.3 Å². The van der Waals surface area contributed by atoms with Crippen molar-refractivity contribution in [3.05, 3.63) is 95.1 Å². The van der Waals surface area contributed by atoms with Crippen LogP contribution in [0.5, 0.6) is 0 Å². The topological polar surface area (TPSA) is 85.4 Å². The molecular formula is C31H35N5O. The van der Waals surface area contributed by atoms with E-state index in [0.717, 1.165) is 55.0 Å². The van der Waals surface area contributed by atoms with Gasteiger partial charge < -0.3 is 16.0 Å². The molecule has 1 atom stereocenters. The van der Waals surface area contributed by atoms with Crippen molar-refractivity contribution in [1.82, 2.24) is 15.1 Å². The van der Waals surface area contributed by atoms with Crippen molar-refractivity contribution in [2.45, 2.75) is 37.4 Å². The fourth-order valence-electron chi connectivity index (χ4n) is 5.37. The molecule has 0 saturated carbocycles. The number of likely N-dealkylation sites (N-methyl/N-ethyl adjacent to an activating group) is 1. The van der Waals surface area contributed by atoms with Gasteiger partial charge in [0, 0.05) is 39.1 Å². The third-order valence-corrected chi connectivity index (χ3v) is 7.73. The van der Waals surface area contributed by atoms with Gasteiger partial charge in [-0.15, -0.1) is 0 Å². The second-order valence-electron chi connectivity index (χ2n) is 10.6. The van der Waals surface area contributed by atoms with Gasteiger partial charge in [0.1, 0.15) is 11.6 Å². The highest BCUT2D eigenvalue weighted by atomic mass is 16.2. The lowest BCUT2D eigenvalue weighted by molar-refractivity contribution is -0.126. The lowest BCUT2D eigenvalue weighted by Gasteiger charge is -2.32. The van der Waals surface area contributed by atoms with Gasteiger partial charge in [-0.05, 0) is 53.3 Å². The number of carbonyl (C=O) groups is 1. The van der Waals surface area contributed by atoms with Gasteiger partial charge in [-0.3, -0.25) is 9.69 Å². The van der Waals surface area contributed by atoms with Crippen LogP contribution in [0, 0.1) is 11.3 Å². The average Bonchev–Trinajstić information content (AvgIpc) is 3.28. The maximum atomic E-state index is 13.0. The number of benzene rings is 3. The van der Waals surface area contributed by atoms with E-state index in [1.165, 1.54) is 11.1 Å². The number of piperazine rings is 1. The molecule has 0 unspecified atom stereocenters.